The van der Waals surface area contributed by atoms with Crippen LogP contribution in [0, 0.1) is 20.8 Å². The number of ether oxygens (including phenoxy) is 2. The van der Waals surface area contributed by atoms with E-state index in [4.69, 9.17) is 44.3 Å². The number of fused-ring (bicyclic) bond motifs is 2. The number of halogens is 7. The number of amides is 2. The van der Waals surface area contributed by atoms with E-state index in [1.807, 2.05) is 31.2 Å². The summed E-state index contributed by atoms with van der Waals surface area (Å²) in [4.78, 5) is 32.1. The first-order valence-corrected chi connectivity index (χ1v) is 19.3. The van der Waals surface area contributed by atoms with E-state index in [9.17, 15) is 22.8 Å². The first-order valence-electron chi connectivity index (χ1n) is 18.1. The number of hydrogen-bond acceptors (Lipinski definition) is 5. The second kappa shape index (κ2) is 16.8. The lowest BCUT2D eigenvalue weighted by atomic mass is 9.81. The molecule has 14 heteroatoms. The normalized spacial score (nSPS) is 18.8. The Morgan fingerprint density at radius 3 is 2.24 bits per heavy atom. The lowest BCUT2D eigenvalue weighted by Crippen LogP contribution is -2.64. The number of piperazine rings is 1. The van der Waals surface area contributed by atoms with E-state index in [1.165, 1.54) is 25.5 Å². The van der Waals surface area contributed by atoms with Gasteiger partial charge in [-0.3, -0.25) is 9.69 Å². The summed E-state index contributed by atoms with van der Waals surface area (Å²) in [5.74, 6) is 0.560. The van der Waals surface area contributed by atoms with Gasteiger partial charge in [0.15, 0.2) is 5.60 Å². The predicted molar refractivity (Wildman–Crippen MR) is 213 cm³/mol. The van der Waals surface area contributed by atoms with Crippen LogP contribution in [-0.2, 0) is 28.7 Å². The molecule has 3 aliphatic rings. The number of nitrogens with one attached hydrogen (secondary N) is 1. The van der Waals surface area contributed by atoms with Crippen molar-refractivity contribution in [2.75, 3.05) is 19.7 Å². The Morgan fingerprint density at radius 2 is 1.60 bits per heavy atom. The molecule has 2 aliphatic heterocycles. The van der Waals surface area contributed by atoms with Crippen molar-refractivity contribution in [1.82, 2.24) is 15.1 Å². The van der Waals surface area contributed by atoms with Gasteiger partial charge in [-0.15, -0.1) is 12.4 Å². The summed E-state index contributed by atoms with van der Waals surface area (Å²) in [6.45, 7) is 10.3. The Balaban J connectivity index is 0.00000580. The van der Waals surface area contributed by atoms with Crippen molar-refractivity contribution in [2.45, 2.75) is 101 Å². The molecule has 7 nitrogen and oxygen atoms in total. The van der Waals surface area contributed by atoms with Crippen molar-refractivity contribution in [3.8, 4) is 5.75 Å². The van der Waals surface area contributed by atoms with E-state index in [0.29, 0.717) is 37.1 Å². The van der Waals surface area contributed by atoms with Gasteiger partial charge in [0.25, 0.3) is 5.91 Å². The molecule has 2 atom stereocenters. The number of nitrogens with zero attached hydrogens (tertiary/aromatic N) is 2. The third kappa shape index (κ3) is 9.53. The van der Waals surface area contributed by atoms with Gasteiger partial charge in [0.1, 0.15) is 5.75 Å². The molecule has 1 saturated carbocycles. The van der Waals surface area contributed by atoms with Crippen LogP contribution in [0.4, 0.5) is 18.0 Å². The average Bonchev–Trinajstić information content (AvgIpc) is 3.95. The van der Waals surface area contributed by atoms with Gasteiger partial charge in [0.05, 0.1) is 24.3 Å². The number of carbonyl (C=O) groups is 2. The van der Waals surface area contributed by atoms with Crippen LogP contribution in [0.15, 0.2) is 66.2 Å². The highest BCUT2D eigenvalue weighted by atomic mass is 35.6. The number of carbonyl (C=O) groups excluding carboxylic acids is 2. The molecular weight excluding hydrogens is 797 g/mol. The van der Waals surface area contributed by atoms with Crippen molar-refractivity contribution in [2.24, 2.45) is 0 Å². The number of rotatable bonds is 10. The van der Waals surface area contributed by atoms with Crippen LogP contribution in [-0.4, -0.2) is 69.0 Å². The van der Waals surface area contributed by atoms with E-state index in [-0.39, 0.29) is 43.5 Å². The maximum absolute atomic E-state index is 14.9. The van der Waals surface area contributed by atoms with Gasteiger partial charge < -0.3 is 19.7 Å². The second-order valence-electron chi connectivity index (χ2n) is 15.0. The van der Waals surface area contributed by atoms with Crippen molar-refractivity contribution < 1.29 is 32.2 Å². The zero-order valence-electron chi connectivity index (χ0n) is 31.4. The minimum Gasteiger partial charge on any atom is -0.493 e. The summed E-state index contributed by atoms with van der Waals surface area (Å²) in [7, 11) is 0. The molecular formula is C41H46Cl4F3N3O4. The van der Waals surface area contributed by atoms with Crippen LogP contribution in [0.1, 0.15) is 72.1 Å². The van der Waals surface area contributed by atoms with E-state index in [1.54, 1.807) is 15.9 Å². The molecule has 2 unspecified atom stereocenters. The minimum atomic E-state index is -4.52. The van der Waals surface area contributed by atoms with Crippen LogP contribution in [0.5, 0.6) is 5.75 Å². The lowest BCUT2D eigenvalue weighted by Gasteiger charge is -2.48. The van der Waals surface area contributed by atoms with Gasteiger partial charge in [-0.2, -0.15) is 13.2 Å². The molecule has 1 N–H and O–H groups in total. The zero-order chi connectivity index (χ0) is 39.2. The summed E-state index contributed by atoms with van der Waals surface area (Å²) < 4.78 is 51.1. The highest BCUT2D eigenvalue weighted by molar-refractivity contribution is 6.68. The van der Waals surface area contributed by atoms with E-state index in [2.05, 4.69) is 31.3 Å². The average molecular weight is 844 g/mol. The zero-order valence-corrected chi connectivity index (χ0v) is 34.5. The molecule has 0 aromatic heterocycles. The van der Waals surface area contributed by atoms with Gasteiger partial charge in [-0.1, -0.05) is 83.3 Å². The highest BCUT2D eigenvalue weighted by Gasteiger charge is 2.50. The van der Waals surface area contributed by atoms with Crippen LogP contribution in [0.3, 0.4) is 0 Å². The summed E-state index contributed by atoms with van der Waals surface area (Å²) in [5, 5.41) is 3.36. The van der Waals surface area contributed by atoms with Crippen LogP contribution < -0.4 is 10.1 Å². The Kier molecular flexibility index (Phi) is 13.1. The number of benzene rings is 3. The maximum atomic E-state index is 14.9. The number of alkyl halides is 6. The molecule has 0 spiro atoms. The van der Waals surface area contributed by atoms with E-state index < -0.39 is 33.3 Å². The molecule has 2 heterocycles. The molecule has 0 radical (unpaired) electrons. The molecule has 2 bridgehead atoms. The SMILES string of the molecule is Cc1ccc(C)c(OCCc2ccc(C3=C(C(=O)N(Cc4cccc(C(F)(F)F)c4)C4CC4)C4CNCC(C3)N4C(=O)OC(C)(C)C(Cl)(Cl)Cl)cc2)c1C.Cl. The number of aryl methyl sites for hydroxylation is 2. The predicted octanol–water partition coefficient (Wildman–Crippen LogP) is 9.95. The standard InChI is InChI=1S/C41H45Cl3F3N3O4.ClH/c1-24-9-10-25(2)36(26(24)3)53-18-17-27-11-13-29(14-12-27)33-20-32-21-48-22-34(50(32)38(52)54-39(4,5)41(42,43)44)35(33)37(51)49(31-15-16-31)23-28-7-6-8-30(19-28)40(45,46)47;/h6-14,19,31-32,34,48H,15-18,20-23H2,1-5H3;1H. The molecule has 3 aromatic rings. The lowest BCUT2D eigenvalue weighted by molar-refractivity contribution is -0.137. The fourth-order valence-corrected chi connectivity index (χ4v) is 7.30. The second-order valence-corrected chi connectivity index (χ2v) is 17.3. The topological polar surface area (TPSA) is 71.1 Å². The molecule has 1 saturated heterocycles. The molecule has 55 heavy (non-hydrogen) atoms. The Bertz CT molecular complexity index is 1930. The van der Waals surface area contributed by atoms with Gasteiger partial charge in [-0.05, 0) is 105 Å². The summed E-state index contributed by atoms with van der Waals surface area (Å²) in [6, 6.07) is 15.9. The third-order valence-electron chi connectivity index (χ3n) is 10.7. The summed E-state index contributed by atoms with van der Waals surface area (Å²) >= 11 is 18.5. The van der Waals surface area contributed by atoms with Crippen molar-refractivity contribution >= 4 is 64.8 Å². The quantitative estimate of drug-likeness (QED) is 0.206. The van der Waals surface area contributed by atoms with Gasteiger partial charge >= 0.3 is 12.3 Å². The van der Waals surface area contributed by atoms with Gasteiger partial charge in [0.2, 0.25) is 3.79 Å². The minimum absolute atomic E-state index is 0. The third-order valence-corrected chi connectivity index (χ3v) is 12.0. The summed E-state index contributed by atoms with van der Waals surface area (Å²) in [6.07, 6.45) is -2.81. The first kappa shape index (κ1) is 43.0. The Hall–Kier alpha value is -3.15. The van der Waals surface area contributed by atoms with Crippen molar-refractivity contribution in [3.63, 3.8) is 0 Å². The number of hydrogen-bond donors (Lipinski definition) is 1. The van der Waals surface area contributed by atoms with Crippen LogP contribution in [0.2, 0.25) is 0 Å². The van der Waals surface area contributed by atoms with Crippen molar-refractivity contribution in [1.29, 1.82) is 0 Å². The molecule has 3 aromatic carbocycles. The Morgan fingerprint density at radius 1 is 0.927 bits per heavy atom. The Labute approximate surface area is 341 Å². The molecule has 2 fully saturated rings. The van der Waals surface area contributed by atoms with Gasteiger partial charge in [-0.25, -0.2) is 4.79 Å². The molecule has 298 valence electrons. The highest BCUT2D eigenvalue weighted by Crippen LogP contribution is 2.44. The fourth-order valence-electron chi connectivity index (χ4n) is 7.19. The van der Waals surface area contributed by atoms with E-state index >= 15 is 0 Å². The van der Waals surface area contributed by atoms with E-state index in [0.717, 1.165) is 58.6 Å². The van der Waals surface area contributed by atoms with Crippen LogP contribution in [0.25, 0.3) is 5.57 Å². The first-order chi connectivity index (χ1) is 25.4. The van der Waals surface area contributed by atoms with Crippen molar-refractivity contribution in [3.05, 3.63) is 105 Å². The largest absolute Gasteiger partial charge is 0.493 e. The maximum Gasteiger partial charge on any atom is 0.416 e. The monoisotopic (exact) mass is 841 g/mol. The molecule has 2 amide bonds. The summed E-state index contributed by atoms with van der Waals surface area (Å²) in [5.41, 5.74) is 4.52. The molecule has 1 aliphatic carbocycles. The van der Waals surface area contributed by atoms with Gasteiger partial charge in [0, 0.05) is 37.7 Å². The smallest absolute Gasteiger partial charge is 0.416 e. The molecule has 6 rings (SSSR count). The fraction of sp³-hybridized carbons (Fsp3) is 0.463. The van der Waals surface area contributed by atoms with Crippen LogP contribution >= 0.6 is 47.2 Å².